The van der Waals surface area contributed by atoms with Crippen LogP contribution in [0.2, 0.25) is 0 Å². The molecule has 3 heteroatoms. The van der Waals surface area contributed by atoms with Crippen molar-refractivity contribution in [3.63, 3.8) is 0 Å². The molecule has 0 aliphatic heterocycles. The molecule has 2 nitrogen and oxygen atoms in total. The Kier molecular flexibility index (Phi) is 4.42. The van der Waals surface area contributed by atoms with Crippen LogP contribution in [0.3, 0.4) is 0 Å². The van der Waals surface area contributed by atoms with Gasteiger partial charge in [0.05, 0.1) is 11.0 Å². The minimum atomic E-state index is 0.935. The van der Waals surface area contributed by atoms with Gasteiger partial charge in [-0.25, -0.2) is 9.97 Å². The van der Waals surface area contributed by atoms with Crippen LogP contribution in [0.25, 0.3) is 75.3 Å². The van der Waals surface area contributed by atoms with Crippen molar-refractivity contribution in [1.29, 1.82) is 0 Å². The summed E-state index contributed by atoms with van der Waals surface area (Å²) < 4.78 is 1.21. The van der Waals surface area contributed by atoms with Crippen molar-refractivity contribution < 1.29 is 0 Å². The molecule has 0 radical (unpaired) electrons. The molecule has 8 rings (SSSR count). The van der Waals surface area contributed by atoms with E-state index in [1.165, 1.54) is 48.5 Å². The second kappa shape index (κ2) is 7.95. The number of fused-ring (bicyclic) bond motifs is 7. The Bertz CT molecular complexity index is 2160. The zero-order valence-electron chi connectivity index (χ0n) is 19.8. The zero-order chi connectivity index (χ0) is 24.3. The van der Waals surface area contributed by atoms with Crippen LogP contribution in [0.4, 0.5) is 0 Å². The summed E-state index contributed by atoms with van der Waals surface area (Å²) >= 11 is 1.71. The molecule has 0 fully saturated rings. The van der Waals surface area contributed by atoms with Gasteiger partial charge in [-0.05, 0) is 80.2 Å². The molecule has 0 saturated carbocycles. The van der Waals surface area contributed by atoms with Crippen LogP contribution in [0.1, 0.15) is 0 Å². The third-order valence-corrected chi connectivity index (χ3v) is 8.31. The van der Waals surface area contributed by atoms with E-state index in [1.807, 2.05) is 24.3 Å². The fourth-order valence-corrected chi connectivity index (χ4v) is 6.48. The maximum Gasteiger partial charge on any atom is 0.143 e. The number of para-hydroxylation sites is 2. The van der Waals surface area contributed by atoms with Crippen LogP contribution in [0.15, 0.2) is 121 Å². The van der Waals surface area contributed by atoms with Crippen LogP contribution >= 0.6 is 11.3 Å². The summed E-state index contributed by atoms with van der Waals surface area (Å²) in [5.74, 6) is 0. The van der Waals surface area contributed by atoms with E-state index < -0.39 is 0 Å². The van der Waals surface area contributed by atoms with E-state index in [-0.39, 0.29) is 0 Å². The molecule has 0 amide bonds. The van der Waals surface area contributed by atoms with Gasteiger partial charge in [0.2, 0.25) is 0 Å². The largest absolute Gasteiger partial charge is 0.243 e. The molecule has 2 aromatic heterocycles. The number of aromatic nitrogens is 2. The Morgan fingerprint density at radius 2 is 1.16 bits per heavy atom. The highest BCUT2D eigenvalue weighted by molar-refractivity contribution is 7.25. The van der Waals surface area contributed by atoms with Gasteiger partial charge in [-0.3, -0.25) is 0 Å². The summed E-state index contributed by atoms with van der Waals surface area (Å²) in [6, 6.07) is 43.4. The predicted molar refractivity (Wildman–Crippen MR) is 158 cm³/mol. The minimum absolute atomic E-state index is 0.935. The number of benzene rings is 6. The first kappa shape index (κ1) is 20.6. The van der Waals surface area contributed by atoms with Gasteiger partial charge in [-0.2, -0.15) is 0 Å². The molecule has 0 N–H and O–H groups in total. The van der Waals surface area contributed by atoms with Crippen LogP contribution in [-0.4, -0.2) is 9.97 Å². The smallest absolute Gasteiger partial charge is 0.143 e. The minimum Gasteiger partial charge on any atom is -0.243 e. The number of thiophene rings is 1. The highest BCUT2D eigenvalue weighted by Crippen LogP contribution is 2.38. The van der Waals surface area contributed by atoms with Crippen LogP contribution in [0.5, 0.6) is 0 Å². The quantitative estimate of drug-likeness (QED) is 0.226. The molecule has 6 aromatic carbocycles. The Hall–Kier alpha value is -4.60. The molecule has 0 saturated heterocycles. The number of hydrogen-bond acceptors (Lipinski definition) is 3. The van der Waals surface area contributed by atoms with Gasteiger partial charge in [0.25, 0.3) is 0 Å². The molecule has 0 unspecified atom stereocenters. The van der Waals surface area contributed by atoms with Crippen molar-refractivity contribution in [2.24, 2.45) is 0 Å². The van der Waals surface area contributed by atoms with E-state index >= 15 is 0 Å². The molecular formula is C34H20N2S. The first-order valence-electron chi connectivity index (χ1n) is 12.4. The summed E-state index contributed by atoms with van der Waals surface area (Å²) in [5.41, 5.74) is 7.73. The molecule has 0 atom stereocenters. The van der Waals surface area contributed by atoms with E-state index in [0.717, 1.165) is 26.8 Å². The van der Waals surface area contributed by atoms with Gasteiger partial charge in [0.1, 0.15) is 10.3 Å². The number of rotatable bonds is 2. The second-order valence-electron chi connectivity index (χ2n) is 9.45. The van der Waals surface area contributed by atoms with Crippen molar-refractivity contribution >= 4 is 64.3 Å². The Morgan fingerprint density at radius 1 is 0.459 bits per heavy atom. The Morgan fingerprint density at radius 3 is 2.05 bits per heavy atom. The molecule has 0 bridgehead atoms. The van der Waals surface area contributed by atoms with Gasteiger partial charge < -0.3 is 0 Å². The fourth-order valence-electron chi connectivity index (χ4n) is 5.48. The standard InChI is InChI=1S/C34H20N2S/c1-2-11-25-24(8-1)20-28(27-13-4-3-12-26(25)27)23-10-7-9-21(18-23)22-16-17-32-29(19-22)33-34(37-32)36-31-15-6-5-14-30(31)35-33/h1-20H. The normalized spacial score (nSPS) is 11.8. The average molecular weight is 489 g/mol. The van der Waals surface area contributed by atoms with Crippen LogP contribution in [0, 0.1) is 0 Å². The van der Waals surface area contributed by atoms with Crippen molar-refractivity contribution in [3.05, 3.63) is 121 Å². The van der Waals surface area contributed by atoms with Crippen molar-refractivity contribution in [2.45, 2.75) is 0 Å². The van der Waals surface area contributed by atoms with E-state index in [0.29, 0.717) is 0 Å². The lowest BCUT2D eigenvalue weighted by molar-refractivity contribution is 1.43. The highest BCUT2D eigenvalue weighted by Gasteiger charge is 2.13. The monoisotopic (exact) mass is 488 g/mol. The number of nitrogens with zero attached hydrogens (tertiary/aromatic N) is 2. The Labute approximate surface area is 217 Å². The van der Waals surface area contributed by atoms with Gasteiger partial charge in [0, 0.05) is 10.1 Å². The fraction of sp³-hybridized carbons (Fsp3) is 0. The summed E-state index contributed by atoms with van der Waals surface area (Å²) in [6.45, 7) is 0. The summed E-state index contributed by atoms with van der Waals surface area (Å²) in [7, 11) is 0. The Balaban J connectivity index is 1.32. The van der Waals surface area contributed by atoms with Gasteiger partial charge >= 0.3 is 0 Å². The third-order valence-electron chi connectivity index (χ3n) is 7.25. The average Bonchev–Trinajstić information content (AvgIpc) is 3.32. The summed E-state index contributed by atoms with van der Waals surface area (Å²) in [5, 5.41) is 6.29. The lowest BCUT2D eigenvalue weighted by Crippen LogP contribution is -1.86. The van der Waals surface area contributed by atoms with E-state index in [2.05, 4.69) is 97.1 Å². The van der Waals surface area contributed by atoms with Crippen LogP contribution < -0.4 is 0 Å². The lowest BCUT2D eigenvalue weighted by Gasteiger charge is -2.12. The third kappa shape index (κ3) is 3.25. The number of hydrogen-bond donors (Lipinski definition) is 0. The van der Waals surface area contributed by atoms with Crippen molar-refractivity contribution in [3.8, 4) is 22.3 Å². The molecule has 0 aliphatic rings. The van der Waals surface area contributed by atoms with Gasteiger partial charge in [0.15, 0.2) is 0 Å². The lowest BCUT2D eigenvalue weighted by atomic mass is 9.92. The maximum atomic E-state index is 4.98. The highest BCUT2D eigenvalue weighted by atomic mass is 32.1. The summed E-state index contributed by atoms with van der Waals surface area (Å²) in [4.78, 5) is 10.8. The maximum absolute atomic E-state index is 4.98. The molecule has 37 heavy (non-hydrogen) atoms. The first-order valence-corrected chi connectivity index (χ1v) is 13.2. The van der Waals surface area contributed by atoms with E-state index in [9.17, 15) is 0 Å². The molecule has 0 spiro atoms. The van der Waals surface area contributed by atoms with Crippen molar-refractivity contribution in [1.82, 2.24) is 9.97 Å². The topological polar surface area (TPSA) is 25.8 Å². The molecule has 0 aliphatic carbocycles. The van der Waals surface area contributed by atoms with Gasteiger partial charge in [-0.1, -0.05) is 84.9 Å². The molecule has 8 aromatic rings. The SMILES string of the molecule is c1cc(-c2ccc3sc4nc5ccccc5nc4c3c2)cc(-c2cc3ccccc3c3ccccc23)c1. The first-order chi connectivity index (χ1) is 18.3. The van der Waals surface area contributed by atoms with Gasteiger partial charge in [-0.15, -0.1) is 11.3 Å². The van der Waals surface area contributed by atoms with Crippen molar-refractivity contribution in [2.75, 3.05) is 0 Å². The van der Waals surface area contributed by atoms with E-state index in [4.69, 9.17) is 9.97 Å². The summed E-state index contributed by atoms with van der Waals surface area (Å²) in [6.07, 6.45) is 0. The predicted octanol–water partition coefficient (Wildman–Crippen LogP) is 9.64. The molecule has 2 heterocycles. The van der Waals surface area contributed by atoms with Crippen LogP contribution in [-0.2, 0) is 0 Å². The second-order valence-corrected chi connectivity index (χ2v) is 10.5. The molecular weight excluding hydrogens is 468 g/mol. The molecule has 172 valence electrons. The zero-order valence-corrected chi connectivity index (χ0v) is 20.7. The van der Waals surface area contributed by atoms with E-state index in [1.54, 1.807) is 11.3 Å².